The highest BCUT2D eigenvalue weighted by Gasteiger charge is 2.47. The molecule has 0 spiro atoms. The van der Waals surface area contributed by atoms with E-state index in [1.165, 1.54) is 30.2 Å². The minimum atomic E-state index is -1.52. The summed E-state index contributed by atoms with van der Waals surface area (Å²) < 4.78 is 7.26. The molecule has 0 bridgehead atoms. The quantitative estimate of drug-likeness (QED) is 0.0873. The zero-order valence-electron chi connectivity index (χ0n) is 31.6. The Morgan fingerprint density at radius 1 is 0.873 bits per heavy atom. The third kappa shape index (κ3) is 9.75. The molecule has 294 valence electrons. The number of fused-ring (bicyclic) bond motifs is 1. The van der Waals surface area contributed by atoms with Crippen molar-refractivity contribution < 1.29 is 29.3 Å². The molecule has 0 radical (unpaired) electrons. The average Bonchev–Trinajstić information content (AvgIpc) is 3.73. The van der Waals surface area contributed by atoms with Crippen molar-refractivity contribution in [2.75, 3.05) is 57.7 Å². The number of carbonyl (C=O) groups excluding carboxylic acids is 3. The number of aromatic nitrogens is 4. The van der Waals surface area contributed by atoms with Gasteiger partial charge in [0.2, 0.25) is 5.82 Å². The van der Waals surface area contributed by atoms with Gasteiger partial charge in [-0.25, -0.2) is 19.7 Å². The van der Waals surface area contributed by atoms with E-state index in [1.54, 1.807) is 6.92 Å². The van der Waals surface area contributed by atoms with Crippen LogP contribution in [-0.2, 0) is 9.53 Å². The standard InChI is InChI=1S/C39H52N10O6/c1-4-40-36(52)32-30(50)31(51)38(55-32)49-23-45-29-33(44-22-28(26-12-8-10-24(2)20-26)27-13-9-11-25(3)21-27)46-34(47-35(29)49)37(53)41-14-15-42-39(54)43-16-19-48-17-6-5-7-18-48/h8-13,20-21,23,28,30-32,38,50-51H,4-7,14-19,22H2,1-3H3,(H,40,52)(H,41,53)(H2,42,43,54)(H,44,46,47)/t30-,31+,32-,38+/m0/s1. The van der Waals surface area contributed by atoms with Crippen LogP contribution in [0.25, 0.3) is 11.2 Å². The summed E-state index contributed by atoms with van der Waals surface area (Å²) in [4.78, 5) is 54.6. The molecule has 4 amide bonds. The summed E-state index contributed by atoms with van der Waals surface area (Å²) in [6, 6.07) is 16.2. The number of hydrogen-bond acceptors (Lipinski definition) is 11. The molecule has 16 nitrogen and oxygen atoms in total. The normalized spacial score (nSPS) is 20.0. The van der Waals surface area contributed by atoms with Crippen LogP contribution in [-0.4, -0.2) is 123 Å². The fourth-order valence-corrected chi connectivity index (χ4v) is 7.11. The Hall–Kier alpha value is -5.16. The number of rotatable bonds is 15. The van der Waals surface area contributed by atoms with Gasteiger partial charge in [-0.05, 0) is 57.8 Å². The van der Waals surface area contributed by atoms with E-state index in [-0.39, 0.29) is 42.3 Å². The number of likely N-dealkylation sites (tertiary alicyclic amines) is 1. The fourth-order valence-electron chi connectivity index (χ4n) is 7.11. The lowest BCUT2D eigenvalue weighted by Crippen LogP contribution is -2.43. The number of aliphatic hydroxyl groups excluding tert-OH is 2. The Morgan fingerprint density at radius 3 is 2.22 bits per heavy atom. The van der Waals surface area contributed by atoms with Crippen LogP contribution >= 0.6 is 0 Å². The maximum atomic E-state index is 13.6. The summed E-state index contributed by atoms with van der Waals surface area (Å²) in [6.45, 7) is 10.2. The second-order valence-electron chi connectivity index (χ2n) is 14.1. The first-order chi connectivity index (χ1) is 26.6. The molecule has 4 atom stereocenters. The monoisotopic (exact) mass is 756 g/mol. The van der Waals surface area contributed by atoms with Crippen molar-refractivity contribution >= 4 is 34.8 Å². The van der Waals surface area contributed by atoms with Crippen LogP contribution in [0.3, 0.4) is 0 Å². The molecule has 0 aliphatic carbocycles. The van der Waals surface area contributed by atoms with Crippen molar-refractivity contribution in [3.63, 3.8) is 0 Å². The molecule has 55 heavy (non-hydrogen) atoms. The number of nitrogens with zero attached hydrogens (tertiary/aromatic N) is 5. The van der Waals surface area contributed by atoms with E-state index in [9.17, 15) is 24.6 Å². The van der Waals surface area contributed by atoms with E-state index in [1.807, 2.05) is 38.1 Å². The average molecular weight is 757 g/mol. The highest BCUT2D eigenvalue weighted by Crippen LogP contribution is 2.33. The molecular formula is C39H52N10O6. The number of nitrogens with one attached hydrogen (secondary N) is 5. The second kappa shape index (κ2) is 18.4. The maximum absolute atomic E-state index is 13.6. The lowest BCUT2D eigenvalue weighted by Gasteiger charge is -2.26. The van der Waals surface area contributed by atoms with Crippen molar-refractivity contribution in [1.82, 2.24) is 45.7 Å². The van der Waals surface area contributed by atoms with Crippen molar-refractivity contribution in [3.05, 3.63) is 82.9 Å². The number of likely N-dealkylation sites (N-methyl/N-ethyl adjacent to an activating group) is 1. The van der Waals surface area contributed by atoms with Crippen LogP contribution in [0.2, 0.25) is 0 Å². The van der Waals surface area contributed by atoms with Gasteiger partial charge < -0.3 is 46.4 Å². The van der Waals surface area contributed by atoms with Gasteiger partial charge in [-0.1, -0.05) is 66.1 Å². The van der Waals surface area contributed by atoms with Crippen LogP contribution in [0.5, 0.6) is 0 Å². The van der Waals surface area contributed by atoms with Gasteiger partial charge in [-0.2, -0.15) is 0 Å². The summed E-state index contributed by atoms with van der Waals surface area (Å²) in [5.41, 5.74) is 4.84. The van der Waals surface area contributed by atoms with Crippen molar-refractivity contribution in [2.45, 2.75) is 70.5 Å². The van der Waals surface area contributed by atoms with Gasteiger partial charge in [-0.15, -0.1) is 0 Å². The largest absolute Gasteiger partial charge is 0.387 e. The molecule has 2 aliphatic heterocycles. The minimum absolute atomic E-state index is 0.103. The zero-order chi connectivity index (χ0) is 38.9. The maximum Gasteiger partial charge on any atom is 0.314 e. The molecule has 2 aliphatic rings. The summed E-state index contributed by atoms with van der Waals surface area (Å²) in [6.07, 6.45) is -0.606. The summed E-state index contributed by atoms with van der Waals surface area (Å²) in [5.74, 6) is -1.21. The first kappa shape index (κ1) is 39.5. The summed E-state index contributed by atoms with van der Waals surface area (Å²) in [7, 11) is 0. The van der Waals surface area contributed by atoms with Gasteiger partial charge in [0.15, 0.2) is 29.3 Å². The van der Waals surface area contributed by atoms with Crippen LogP contribution in [0.1, 0.15) is 71.2 Å². The molecule has 0 saturated carbocycles. The number of anilines is 1. The molecule has 2 aromatic carbocycles. The lowest BCUT2D eigenvalue weighted by atomic mass is 9.89. The van der Waals surface area contributed by atoms with Crippen LogP contribution in [0.15, 0.2) is 54.9 Å². The van der Waals surface area contributed by atoms with E-state index < -0.39 is 36.4 Å². The number of benzene rings is 2. The number of aryl methyl sites for hydroxylation is 2. The number of hydrogen-bond donors (Lipinski definition) is 7. The predicted octanol–water partition coefficient (Wildman–Crippen LogP) is 1.96. The van der Waals surface area contributed by atoms with Gasteiger partial charge >= 0.3 is 6.03 Å². The van der Waals surface area contributed by atoms with Crippen LogP contribution in [0.4, 0.5) is 10.6 Å². The van der Waals surface area contributed by atoms with Gasteiger partial charge in [0.25, 0.3) is 11.8 Å². The molecule has 7 N–H and O–H groups in total. The highest BCUT2D eigenvalue weighted by atomic mass is 16.6. The van der Waals surface area contributed by atoms with Gasteiger partial charge in [0, 0.05) is 45.2 Å². The van der Waals surface area contributed by atoms with Gasteiger partial charge in [0.1, 0.15) is 12.2 Å². The van der Waals surface area contributed by atoms with Crippen molar-refractivity contribution in [2.24, 2.45) is 0 Å². The van der Waals surface area contributed by atoms with Crippen LogP contribution in [0, 0.1) is 13.8 Å². The van der Waals surface area contributed by atoms with Crippen molar-refractivity contribution in [1.29, 1.82) is 0 Å². The Bertz CT molecular complexity index is 1900. The first-order valence-electron chi connectivity index (χ1n) is 19.1. The van der Waals surface area contributed by atoms with Gasteiger partial charge in [-0.3, -0.25) is 14.2 Å². The number of urea groups is 1. The zero-order valence-corrected chi connectivity index (χ0v) is 31.6. The minimum Gasteiger partial charge on any atom is -0.387 e. The predicted molar refractivity (Wildman–Crippen MR) is 207 cm³/mol. The third-order valence-corrected chi connectivity index (χ3v) is 9.97. The fraction of sp³-hybridized carbons (Fsp3) is 0.487. The topological polar surface area (TPSA) is 208 Å². The molecular weight excluding hydrogens is 704 g/mol. The van der Waals surface area contributed by atoms with E-state index in [0.717, 1.165) is 41.9 Å². The molecule has 2 aromatic heterocycles. The second-order valence-corrected chi connectivity index (χ2v) is 14.1. The molecule has 16 heteroatoms. The summed E-state index contributed by atoms with van der Waals surface area (Å²) in [5, 5.41) is 36.2. The SMILES string of the molecule is CCNC(=O)[C@H]1O[C@@H](n2cnc3c(NCC(c4cccc(C)c4)c4cccc(C)c4)nc(C(=O)NCCNC(=O)NCCN4CCCCC4)nc32)[C@H](O)[C@@H]1O. The molecule has 6 rings (SSSR count). The lowest BCUT2D eigenvalue weighted by molar-refractivity contribution is -0.137. The molecule has 4 heterocycles. The first-order valence-corrected chi connectivity index (χ1v) is 19.1. The number of piperidine rings is 1. The molecule has 0 unspecified atom stereocenters. The number of amides is 4. The smallest absolute Gasteiger partial charge is 0.314 e. The van der Waals surface area contributed by atoms with E-state index in [0.29, 0.717) is 25.2 Å². The van der Waals surface area contributed by atoms with Gasteiger partial charge in [0.05, 0.1) is 6.33 Å². The molecule has 2 saturated heterocycles. The number of imidazole rings is 1. The van der Waals surface area contributed by atoms with Crippen LogP contribution < -0.4 is 26.6 Å². The Kier molecular flexibility index (Phi) is 13.3. The Morgan fingerprint density at radius 2 is 1.55 bits per heavy atom. The van der Waals surface area contributed by atoms with E-state index in [4.69, 9.17) is 4.74 Å². The van der Waals surface area contributed by atoms with E-state index >= 15 is 0 Å². The third-order valence-electron chi connectivity index (χ3n) is 9.97. The Balaban J connectivity index is 1.22. The van der Waals surface area contributed by atoms with Crippen molar-refractivity contribution in [3.8, 4) is 0 Å². The number of carbonyl (C=O) groups is 3. The highest BCUT2D eigenvalue weighted by molar-refractivity contribution is 5.94. The molecule has 2 fully saturated rings. The Labute approximate surface area is 320 Å². The number of aliphatic hydroxyl groups is 2. The van der Waals surface area contributed by atoms with E-state index in [2.05, 4.69) is 70.7 Å². The molecule has 4 aromatic rings. The number of ether oxygens (including phenoxy) is 1. The summed E-state index contributed by atoms with van der Waals surface area (Å²) >= 11 is 0.